The first-order valence-electron chi connectivity index (χ1n) is 15.1. The van der Waals surface area contributed by atoms with Gasteiger partial charge in [-0.25, -0.2) is 9.97 Å². The molecule has 2 saturated heterocycles. The molecule has 1 spiro atoms. The second-order valence-corrected chi connectivity index (χ2v) is 12.0. The maximum absolute atomic E-state index is 12.8. The van der Waals surface area contributed by atoms with Crippen LogP contribution in [-0.4, -0.2) is 78.7 Å². The Hall–Kier alpha value is -4.22. The van der Waals surface area contributed by atoms with Crippen LogP contribution in [0.4, 0.5) is 18.9 Å². The molecule has 6 rings (SSSR count). The quantitative estimate of drug-likeness (QED) is 0.209. The van der Waals surface area contributed by atoms with Crippen molar-refractivity contribution in [3.63, 3.8) is 0 Å². The van der Waals surface area contributed by atoms with Gasteiger partial charge in [-0.05, 0) is 48.9 Å². The number of benzene rings is 3. The van der Waals surface area contributed by atoms with Crippen molar-refractivity contribution < 1.29 is 27.4 Å². The fourth-order valence-corrected chi connectivity index (χ4v) is 6.34. The summed E-state index contributed by atoms with van der Waals surface area (Å²) in [6, 6.07) is 15.5. The van der Waals surface area contributed by atoms with Gasteiger partial charge in [0.2, 0.25) is 5.91 Å². The van der Waals surface area contributed by atoms with Crippen LogP contribution in [0.5, 0.6) is 11.5 Å². The van der Waals surface area contributed by atoms with Gasteiger partial charge >= 0.3 is 6.18 Å². The largest absolute Gasteiger partial charge is 0.493 e. The van der Waals surface area contributed by atoms with Crippen LogP contribution in [0.2, 0.25) is 0 Å². The number of halogens is 3. The topological polar surface area (TPSA) is 79.8 Å². The lowest BCUT2D eigenvalue weighted by atomic mass is 9.73. The molecule has 8 nitrogen and oxygen atoms in total. The lowest BCUT2D eigenvalue weighted by Crippen LogP contribution is -2.71. The number of likely N-dealkylation sites (tertiary alicyclic amines) is 2. The highest BCUT2D eigenvalue weighted by Gasteiger charge is 2.50. The average Bonchev–Trinajstić information content (AvgIpc) is 2.98. The maximum Gasteiger partial charge on any atom is 0.416 e. The third-order valence-corrected chi connectivity index (χ3v) is 8.57. The van der Waals surface area contributed by atoms with Gasteiger partial charge < -0.3 is 24.6 Å². The number of hydrogen-bond donors (Lipinski definition) is 1. The summed E-state index contributed by atoms with van der Waals surface area (Å²) in [5.41, 5.74) is 3.08. The van der Waals surface area contributed by atoms with Crippen LogP contribution in [0, 0.1) is 5.41 Å². The molecule has 0 aliphatic carbocycles. The molecule has 1 amide bonds. The molecule has 4 aromatic rings. The second-order valence-electron chi connectivity index (χ2n) is 12.0. The molecule has 0 saturated carbocycles. The molecule has 2 aliphatic heterocycles. The molecule has 0 radical (unpaired) electrons. The first-order valence-corrected chi connectivity index (χ1v) is 15.1. The molecule has 2 fully saturated rings. The van der Waals surface area contributed by atoms with Crippen LogP contribution < -0.4 is 14.8 Å². The first kappa shape index (κ1) is 30.8. The first-order chi connectivity index (χ1) is 21.6. The fourth-order valence-electron chi connectivity index (χ4n) is 6.34. The van der Waals surface area contributed by atoms with Crippen LogP contribution in [0.25, 0.3) is 22.2 Å². The summed E-state index contributed by atoms with van der Waals surface area (Å²) in [5.74, 6) is 0.906. The molecule has 1 aromatic heterocycles. The third-order valence-electron chi connectivity index (χ3n) is 8.57. The standard InChI is InChI=1S/C34H36F3N5O3/c1-3-41-18-33(19-41)20-42(21-33)13-4-14-45-30-17-28-27(16-29(30)44-2)32(39-22-38-28)24-7-11-26(12-8-24)40-31(43)15-23-5-9-25(10-6-23)34(35,36)37/h5-12,16-17,22H,3-4,13-15,18-21H2,1-2H3,(H,40,43). The van der Waals surface area contributed by atoms with E-state index in [2.05, 4.69) is 32.0 Å². The Kier molecular flexibility index (Phi) is 8.65. The predicted octanol–water partition coefficient (Wildman–Crippen LogP) is 5.91. The molecule has 3 heterocycles. The summed E-state index contributed by atoms with van der Waals surface area (Å²) in [5, 5.41) is 3.59. The fraction of sp³-hybridized carbons (Fsp3) is 0.382. The Morgan fingerprint density at radius 3 is 2.33 bits per heavy atom. The van der Waals surface area contributed by atoms with E-state index < -0.39 is 11.7 Å². The summed E-state index contributed by atoms with van der Waals surface area (Å²) >= 11 is 0. The Balaban J connectivity index is 1.05. The zero-order valence-electron chi connectivity index (χ0n) is 25.4. The molecule has 0 unspecified atom stereocenters. The smallest absolute Gasteiger partial charge is 0.416 e. The number of alkyl halides is 3. The average molecular weight is 620 g/mol. The van der Waals surface area contributed by atoms with Crippen LogP contribution in [0.3, 0.4) is 0 Å². The molecule has 3 aromatic carbocycles. The van der Waals surface area contributed by atoms with Crippen molar-refractivity contribution in [1.29, 1.82) is 0 Å². The molecule has 11 heteroatoms. The van der Waals surface area contributed by atoms with Crippen LogP contribution in [-0.2, 0) is 17.4 Å². The van der Waals surface area contributed by atoms with Gasteiger partial charge in [0.15, 0.2) is 11.5 Å². The minimum absolute atomic E-state index is 0.0442. The number of nitrogens with zero attached hydrogens (tertiary/aromatic N) is 4. The zero-order chi connectivity index (χ0) is 31.6. The number of anilines is 1. The number of ether oxygens (including phenoxy) is 2. The van der Waals surface area contributed by atoms with Crippen molar-refractivity contribution in [1.82, 2.24) is 19.8 Å². The summed E-state index contributed by atoms with van der Waals surface area (Å²) in [6.07, 6.45) is -2.02. The molecule has 45 heavy (non-hydrogen) atoms. The third kappa shape index (κ3) is 6.89. The van der Waals surface area contributed by atoms with Gasteiger partial charge in [0.05, 0.1) is 36.9 Å². The molecular formula is C34H36F3N5O3. The molecule has 236 valence electrons. The summed E-state index contributed by atoms with van der Waals surface area (Å²) < 4.78 is 50.2. The van der Waals surface area contributed by atoms with Gasteiger partial charge in [0.1, 0.15) is 6.33 Å². The highest BCUT2D eigenvalue weighted by Crippen LogP contribution is 2.39. The number of rotatable bonds is 11. The van der Waals surface area contributed by atoms with Gasteiger partial charge in [-0.15, -0.1) is 0 Å². The highest BCUT2D eigenvalue weighted by molar-refractivity contribution is 5.95. The zero-order valence-corrected chi connectivity index (χ0v) is 25.4. The van der Waals surface area contributed by atoms with E-state index >= 15 is 0 Å². The van der Waals surface area contributed by atoms with Gasteiger partial charge in [-0.1, -0.05) is 31.2 Å². The monoisotopic (exact) mass is 619 g/mol. The Morgan fingerprint density at radius 2 is 1.67 bits per heavy atom. The van der Waals surface area contributed by atoms with Crippen LogP contribution >= 0.6 is 0 Å². The number of methoxy groups -OCH3 is 1. The van der Waals surface area contributed by atoms with Crippen molar-refractivity contribution in [3.8, 4) is 22.8 Å². The number of nitrogens with one attached hydrogen (secondary N) is 1. The van der Waals surface area contributed by atoms with E-state index in [9.17, 15) is 18.0 Å². The SMILES string of the molecule is CCN1CC2(C1)CN(CCCOc1cc3ncnc(-c4ccc(NC(=O)Cc5ccc(C(F)(F)F)cc5)cc4)c3cc1OC)C2. The summed E-state index contributed by atoms with van der Waals surface area (Å²) in [6.45, 7) is 9.76. The van der Waals surface area contributed by atoms with E-state index in [0.717, 1.165) is 48.1 Å². The van der Waals surface area contributed by atoms with E-state index in [1.807, 2.05) is 24.3 Å². The number of hydrogen-bond acceptors (Lipinski definition) is 7. The minimum atomic E-state index is -4.41. The van der Waals surface area contributed by atoms with Crippen molar-refractivity contribution >= 4 is 22.5 Å². The minimum Gasteiger partial charge on any atom is -0.493 e. The van der Waals surface area contributed by atoms with Crippen molar-refractivity contribution in [2.24, 2.45) is 5.41 Å². The molecular weight excluding hydrogens is 583 g/mol. The van der Waals surface area contributed by atoms with Gasteiger partial charge in [-0.3, -0.25) is 4.79 Å². The molecule has 0 atom stereocenters. The van der Waals surface area contributed by atoms with E-state index in [1.54, 1.807) is 19.2 Å². The molecule has 1 N–H and O–H groups in total. The normalized spacial score (nSPS) is 16.3. The van der Waals surface area contributed by atoms with Crippen molar-refractivity contribution in [2.75, 3.05) is 58.3 Å². The number of aromatic nitrogens is 2. The van der Waals surface area contributed by atoms with E-state index in [-0.39, 0.29) is 12.3 Å². The Labute approximate surface area is 260 Å². The molecule has 2 aliphatic rings. The lowest BCUT2D eigenvalue weighted by molar-refractivity contribution is -0.137. The van der Waals surface area contributed by atoms with E-state index in [1.165, 1.54) is 44.6 Å². The van der Waals surface area contributed by atoms with Crippen molar-refractivity contribution in [3.05, 3.63) is 78.1 Å². The maximum atomic E-state index is 12.8. The van der Waals surface area contributed by atoms with Gasteiger partial charge in [0.25, 0.3) is 0 Å². The number of amides is 1. The predicted molar refractivity (Wildman–Crippen MR) is 166 cm³/mol. The van der Waals surface area contributed by atoms with Gasteiger partial charge in [0, 0.05) is 60.8 Å². The van der Waals surface area contributed by atoms with Crippen LogP contribution in [0.15, 0.2) is 67.0 Å². The number of fused-ring (bicyclic) bond motifs is 1. The Morgan fingerprint density at radius 1 is 0.956 bits per heavy atom. The Bertz CT molecular complexity index is 1650. The summed E-state index contributed by atoms with van der Waals surface area (Å²) in [4.78, 5) is 26.5. The van der Waals surface area contributed by atoms with Gasteiger partial charge in [-0.2, -0.15) is 13.2 Å². The van der Waals surface area contributed by atoms with E-state index in [4.69, 9.17) is 9.47 Å². The second kappa shape index (κ2) is 12.6. The summed E-state index contributed by atoms with van der Waals surface area (Å²) in [7, 11) is 1.61. The lowest BCUT2D eigenvalue weighted by Gasteiger charge is -2.60. The number of carbonyl (C=O) groups excluding carboxylic acids is 1. The highest BCUT2D eigenvalue weighted by atomic mass is 19.4. The van der Waals surface area contributed by atoms with Crippen molar-refractivity contribution in [2.45, 2.75) is 25.9 Å². The number of carbonyl (C=O) groups is 1. The molecule has 0 bridgehead atoms. The van der Waals surface area contributed by atoms with Crippen LogP contribution in [0.1, 0.15) is 24.5 Å². The van der Waals surface area contributed by atoms with E-state index in [0.29, 0.717) is 40.5 Å².